The molecule has 2 atom stereocenters. The van der Waals surface area contributed by atoms with Crippen molar-refractivity contribution in [3.63, 3.8) is 0 Å². The normalized spacial score (nSPS) is 14.1. The number of nitrogens with one attached hydrogen (secondary N) is 1. The molecule has 0 radical (unpaired) electrons. The monoisotopic (exact) mass is 394 g/mol. The van der Waals surface area contributed by atoms with Crippen LogP contribution in [0, 0.1) is 6.92 Å². The van der Waals surface area contributed by atoms with Gasteiger partial charge in [-0.3, -0.25) is 19.1 Å². The third-order valence-corrected chi connectivity index (χ3v) is 5.18. The van der Waals surface area contributed by atoms with E-state index in [1.165, 1.54) is 32.2 Å². The number of aromatic nitrogens is 1. The average molecular weight is 394 g/mol. The molecular weight excluding hydrogens is 375 g/mol. The second-order valence-corrected chi connectivity index (χ2v) is 7.31. The van der Waals surface area contributed by atoms with E-state index in [0.29, 0.717) is 6.29 Å². The van der Waals surface area contributed by atoms with E-state index in [1.807, 2.05) is 0 Å². The summed E-state index contributed by atoms with van der Waals surface area (Å²) in [6.45, 7) is 2.40. The fourth-order valence-electron chi connectivity index (χ4n) is 2.06. The summed E-state index contributed by atoms with van der Waals surface area (Å²) in [5.41, 5.74) is 0.372. The lowest BCUT2D eigenvalue weighted by Gasteiger charge is -2.22. The number of benzene rings is 1. The molecular formula is C17H19N2O7P. The number of hydrogen-bond donors (Lipinski definition) is 3. The van der Waals surface area contributed by atoms with Gasteiger partial charge < -0.3 is 14.7 Å². The van der Waals surface area contributed by atoms with Crippen LogP contribution >= 0.6 is 7.75 Å². The summed E-state index contributed by atoms with van der Waals surface area (Å²) in [5, 5.41) is 21.3. The van der Waals surface area contributed by atoms with Gasteiger partial charge >= 0.3 is 13.7 Å². The summed E-state index contributed by atoms with van der Waals surface area (Å²) in [4.78, 5) is 26.3. The van der Waals surface area contributed by atoms with E-state index in [2.05, 4.69) is 10.1 Å². The predicted octanol–water partition coefficient (Wildman–Crippen LogP) is 2.67. The SMILES string of the molecule is Cc1ncc(COP(=O)(NC(C)C(=O)O)Oc2ccccc2)c(C=O)c1O. The minimum Gasteiger partial charge on any atom is -0.505 e. The smallest absolute Gasteiger partial charge is 0.459 e. The lowest BCUT2D eigenvalue weighted by Crippen LogP contribution is -2.33. The minimum atomic E-state index is -4.13. The lowest BCUT2D eigenvalue weighted by atomic mass is 10.1. The molecule has 2 rings (SSSR count). The molecule has 0 aliphatic rings. The molecule has 0 saturated carbocycles. The Hall–Kier alpha value is -2.74. The molecule has 2 unspecified atom stereocenters. The highest BCUT2D eigenvalue weighted by molar-refractivity contribution is 7.52. The van der Waals surface area contributed by atoms with E-state index in [9.17, 15) is 19.3 Å². The molecule has 0 aliphatic carbocycles. The molecule has 9 nitrogen and oxygen atoms in total. The van der Waals surface area contributed by atoms with Crippen LogP contribution < -0.4 is 9.61 Å². The summed E-state index contributed by atoms with van der Waals surface area (Å²) in [6, 6.07) is 6.84. The molecule has 1 aromatic carbocycles. The van der Waals surface area contributed by atoms with Crippen LogP contribution in [-0.4, -0.2) is 33.5 Å². The summed E-state index contributed by atoms with van der Waals surface area (Å²) >= 11 is 0. The number of aldehydes is 1. The fourth-order valence-corrected chi connectivity index (χ4v) is 3.53. The number of carboxylic acids is 1. The number of para-hydroxylation sites is 1. The fraction of sp³-hybridized carbons (Fsp3) is 0.235. The van der Waals surface area contributed by atoms with Crippen LogP contribution in [0.2, 0.25) is 0 Å². The largest absolute Gasteiger partial charge is 0.505 e. The van der Waals surface area contributed by atoms with E-state index in [0.717, 1.165) is 0 Å². The molecule has 1 aromatic heterocycles. The number of aryl methyl sites for hydroxylation is 1. The first-order valence-corrected chi connectivity index (χ1v) is 9.42. The molecule has 3 N–H and O–H groups in total. The maximum Gasteiger partial charge on any atom is 0.459 e. The second-order valence-electron chi connectivity index (χ2n) is 5.61. The molecule has 2 aromatic rings. The Balaban J connectivity index is 2.27. The number of nitrogens with zero attached hydrogens (tertiary/aromatic N) is 1. The van der Waals surface area contributed by atoms with Crippen LogP contribution in [0.4, 0.5) is 0 Å². The topological polar surface area (TPSA) is 135 Å². The van der Waals surface area contributed by atoms with Crippen LogP contribution in [0.25, 0.3) is 0 Å². The Bertz CT molecular complexity index is 873. The zero-order valence-corrected chi connectivity index (χ0v) is 15.6. The number of carbonyl (C=O) groups is 2. The highest BCUT2D eigenvalue weighted by Gasteiger charge is 2.32. The zero-order chi connectivity index (χ0) is 20.0. The molecule has 1 heterocycles. The third kappa shape index (κ3) is 5.37. The van der Waals surface area contributed by atoms with Crippen molar-refractivity contribution in [2.75, 3.05) is 0 Å². The van der Waals surface area contributed by atoms with Crippen molar-refractivity contribution >= 4 is 20.0 Å². The van der Waals surface area contributed by atoms with Gasteiger partial charge in [0, 0.05) is 11.8 Å². The number of carbonyl (C=O) groups excluding carboxylic acids is 1. The molecule has 0 spiro atoms. The van der Waals surface area contributed by atoms with E-state index >= 15 is 0 Å². The van der Waals surface area contributed by atoms with Gasteiger partial charge in [-0.15, -0.1) is 0 Å². The number of pyridine rings is 1. The molecule has 0 aliphatic heterocycles. The Morgan fingerprint density at radius 3 is 2.63 bits per heavy atom. The quantitative estimate of drug-likeness (QED) is 0.433. The Kier molecular flexibility index (Phi) is 6.68. The van der Waals surface area contributed by atoms with Crippen molar-refractivity contribution < 1.29 is 33.4 Å². The molecule has 0 saturated heterocycles. The van der Waals surface area contributed by atoms with Gasteiger partial charge in [0.2, 0.25) is 0 Å². The first-order valence-electron chi connectivity index (χ1n) is 7.88. The summed E-state index contributed by atoms with van der Waals surface area (Å²) in [7, 11) is -4.13. The van der Waals surface area contributed by atoms with Crippen molar-refractivity contribution in [1.82, 2.24) is 10.1 Å². The molecule has 0 bridgehead atoms. The first kappa shape index (κ1) is 20.6. The highest BCUT2D eigenvalue weighted by Crippen LogP contribution is 2.46. The van der Waals surface area contributed by atoms with E-state index < -0.39 is 26.4 Å². The Labute approximate surface area is 155 Å². The second kappa shape index (κ2) is 8.77. The van der Waals surface area contributed by atoms with Gasteiger partial charge in [0.25, 0.3) is 0 Å². The van der Waals surface area contributed by atoms with Gasteiger partial charge in [-0.2, -0.15) is 5.09 Å². The summed E-state index contributed by atoms with van der Waals surface area (Å²) in [5.74, 6) is -1.36. The molecule has 10 heteroatoms. The maximum absolute atomic E-state index is 13.0. The zero-order valence-electron chi connectivity index (χ0n) is 14.7. The molecule has 27 heavy (non-hydrogen) atoms. The number of aliphatic carboxylic acids is 1. The standard InChI is InChI=1S/C17H19N2O7P/c1-11-16(21)15(9-20)13(8-18-11)10-25-27(24,19-12(2)17(22)23)26-14-6-4-3-5-7-14/h3-9,12,21H,10H2,1-2H3,(H,19,24)(H,22,23). The Morgan fingerprint density at radius 1 is 1.37 bits per heavy atom. The minimum absolute atomic E-state index is 0.0555. The van der Waals surface area contributed by atoms with Crippen LogP contribution in [-0.2, 0) is 20.5 Å². The van der Waals surface area contributed by atoms with E-state index in [4.69, 9.17) is 14.2 Å². The number of aromatic hydroxyl groups is 1. The van der Waals surface area contributed by atoms with Crippen molar-refractivity contribution in [3.05, 3.63) is 53.3 Å². The Morgan fingerprint density at radius 2 is 2.04 bits per heavy atom. The van der Waals surface area contributed by atoms with Gasteiger partial charge in [-0.25, -0.2) is 4.57 Å². The van der Waals surface area contributed by atoms with E-state index in [1.54, 1.807) is 18.2 Å². The average Bonchev–Trinajstić information content (AvgIpc) is 2.63. The number of carboxylic acid groups (broad SMARTS) is 1. The highest BCUT2D eigenvalue weighted by atomic mass is 31.2. The van der Waals surface area contributed by atoms with Crippen LogP contribution in [0.1, 0.15) is 28.5 Å². The van der Waals surface area contributed by atoms with Crippen molar-refractivity contribution in [1.29, 1.82) is 0 Å². The first-order chi connectivity index (χ1) is 12.8. The predicted molar refractivity (Wildman–Crippen MR) is 95.7 cm³/mol. The van der Waals surface area contributed by atoms with Crippen molar-refractivity contribution in [2.24, 2.45) is 0 Å². The summed E-state index contributed by atoms with van der Waals surface area (Å²) < 4.78 is 23.7. The molecule has 0 amide bonds. The summed E-state index contributed by atoms with van der Waals surface area (Å²) in [6.07, 6.45) is 1.73. The number of rotatable bonds is 9. The van der Waals surface area contributed by atoms with Crippen LogP contribution in [0.15, 0.2) is 36.5 Å². The van der Waals surface area contributed by atoms with Gasteiger partial charge in [0.15, 0.2) is 6.29 Å². The lowest BCUT2D eigenvalue weighted by molar-refractivity contribution is -0.138. The van der Waals surface area contributed by atoms with Crippen molar-refractivity contribution in [3.8, 4) is 11.5 Å². The molecule has 0 fully saturated rings. The number of hydrogen-bond acceptors (Lipinski definition) is 7. The van der Waals surface area contributed by atoms with Gasteiger partial charge in [-0.05, 0) is 26.0 Å². The van der Waals surface area contributed by atoms with Gasteiger partial charge in [-0.1, -0.05) is 18.2 Å². The maximum atomic E-state index is 13.0. The van der Waals surface area contributed by atoms with Crippen molar-refractivity contribution in [2.45, 2.75) is 26.5 Å². The van der Waals surface area contributed by atoms with E-state index in [-0.39, 0.29) is 28.3 Å². The van der Waals surface area contributed by atoms with Crippen LogP contribution in [0.3, 0.4) is 0 Å². The van der Waals surface area contributed by atoms with Crippen LogP contribution in [0.5, 0.6) is 11.5 Å². The van der Waals surface area contributed by atoms with Gasteiger partial charge in [0.1, 0.15) is 17.5 Å². The third-order valence-electron chi connectivity index (χ3n) is 3.56. The van der Waals surface area contributed by atoms with Gasteiger partial charge in [0.05, 0.1) is 17.9 Å². The molecule has 144 valence electrons.